The van der Waals surface area contributed by atoms with Crippen LogP contribution in [-0.2, 0) is 0 Å². The summed E-state index contributed by atoms with van der Waals surface area (Å²) in [7, 11) is 0. The van der Waals surface area contributed by atoms with Gasteiger partial charge >= 0.3 is 0 Å². The van der Waals surface area contributed by atoms with Crippen LogP contribution in [0.15, 0.2) is 54.6 Å². The summed E-state index contributed by atoms with van der Waals surface area (Å²) in [5.74, 6) is -0.526. The van der Waals surface area contributed by atoms with Gasteiger partial charge in [-0.15, -0.1) is 0 Å². The maximum Gasteiger partial charge on any atom is 0.255 e. The highest BCUT2D eigenvalue weighted by Crippen LogP contribution is 2.12. The topological polar surface area (TPSA) is 29.1 Å². The third kappa shape index (κ3) is 4.56. The van der Waals surface area contributed by atoms with Crippen molar-refractivity contribution < 1.29 is 9.18 Å². The van der Waals surface area contributed by atoms with Gasteiger partial charge in [-0.25, -0.2) is 4.39 Å². The average Bonchev–Trinajstić information content (AvgIpc) is 2.50. The van der Waals surface area contributed by atoms with Crippen LogP contribution in [0.2, 0.25) is 0 Å². The van der Waals surface area contributed by atoms with Gasteiger partial charge in [0.2, 0.25) is 0 Å². The normalized spacial score (nSPS) is 10.8. The summed E-state index contributed by atoms with van der Waals surface area (Å²) < 4.78 is 12.8. The van der Waals surface area contributed by atoms with E-state index in [0.29, 0.717) is 11.3 Å². The molecule has 0 saturated carbocycles. The predicted molar refractivity (Wildman–Crippen MR) is 84.7 cm³/mol. The van der Waals surface area contributed by atoms with Crippen LogP contribution in [0, 0.1) is 5.82 Å². The molecule has 0 aliphatic heterocycles. The van der Waals surface area contributed by atoms with Crippen molar-refractivity contribution in [3.05, 3.63) is 71.6 Å². The van der Waals surface area contributed by atoms with Gasteiger partial charge in [0.25, 0.3) is 5.91 Å². The van der Waals surface area contributed by atoms with E-state index in [0.717, 1.165) is 18.4 Å². The Kier molecular flexibility index (Phi) is 5.27. The Morgan fingerprint density at radius 3 is 2.38 bits per heavy atom. The summed E-state index contributed by atoms with van der Waals surface area (Å²) in [6.45, 7) is 2.13. The summed E-state index contributed by atoms with van der Waals surface area (Å²) in [6, 6.07) is 13.1. The molecule has 0 fully saturated rings. The van der Waals surface area contributed by atoms with Gasteiger partial charge in [0.1, 0.15) is 5.82 Å². The molecule has 0 heterocycles. The molecule has 0 saturated heterocycles. The maximum absolute atomic E-state index is 12.8. The molecule has 3 heteroatoms. The molecule has 2 rings (SSSR count). The summed E-state index contributed by atoms with van der Waals surface area (Å²) in [5.41, 5.74) is 2.22. The quantitative estimate of drug-likeness (QED) is 0.831. The van der Waals surface area contributed by atoms with Gasteiger partial charge in [-0.2, -0.15) is 0 Å². The van der Waals surface area contributed by atoms with Gasteiger partial charge in [0.05, 0.1) is 0 Å². The first-order valence-corrected chi connectivity index (χ1v) is 7.02. The minimum absolute atomic E-state index is 0.203. The SMILES string of the molecule is CCC/C=C/c1ccc(C(=O)Nc2ccc(F)cc2)cc1. The van der Waals surface area contributed by atoms with Crippen LogP contribution in [0.5, 0.6) is 0 Å². The highest BCUT2D eigenvalue weighted by Gasteiger charge is 2.05. The summed E-state index contributed by atoms with van der Waals surface area (Å²) >= 11 is 0. The van der Waals surface area contributed by atoms with Crippen molar-refractivity contribution in [3.63, 3.8) is 0 Å². The fourth-order valence-electron chi connectivity index (χ4n) is 1.87. The summed E-state index contributed by atoms with van der Waals surface area (Å²) in [4.78, 5) is 12.0. The fourth-order valence-corrected chi connectivity index (χ4v) is 1.87. The molecule has 0 aliphatic carbocycles. The van der Waals surface area contributed by atoms with Gasteiger partial charge in [-0.3, -0.25) is 4.79 Å². The fraction of sp³-hybridized carbons (Fsp3) is 0.167. The zero-order valence-electron chi connectivity index (χ0n) is 12.0. The van der Waals surface area contributed by atoms with Gasteiger partial charge in [-0.1, -0.05) is 37.6 Å². The standard InChI is InChI=1S/C18H18FNO/c1-2-3-4-5-14-6-8-15(9-7-14)18(21)20-17-12-10-16(19)11-13-17/h4-13H,2-3H2,1H3,(H,20,21)/b5-4+. The van der Waals surface area contributed by atoms with Crippen LogP contribution in [0.3, 0.4) is 0 Å². The maximum atomic E-state index is 12.8. The van der Waals surface area contributed by atoms with Crippen LogP contribution in [0.1, 0.15) is 35.7 Å². The van der Waals surface area contributed by atoms with Crippen LogP contribution in [0.25, 0.3) is 6.08 Å². The molecule has 21 heavy (non-hydrogen) atoms. The van der Waals surface area contributed by atoms with Crippen molar-refractivity contribution >= 4 is 17.7 Å². The minimum Gasteiger partial charge on any atom is -0.322 e. The molecular formula is C18H18FNO. The molecule has 0 spiro atoms. The van der Waals surface area contributed by atoms with Crippen molar-refractivity contribution in [1.82, 2.24) is 0 Å². The average molecular weight is 283 g/mol. The lowest BCUT2D eigenvalue weighted by Crippen LogP contribution is -2.11. The van der Waals surface area contributed by atoms with Crippen LogP contribution in [0.4, 0.5) is 10.1 Å². The smallest absolute Gasteiger partial charge is 0.255 e. The molecule has 108 valence electrons. The molecular weight excluding hydrogens is 265 g/mol. The molecule has 0 unspecified atom stereocenters. The number of carbonyl (C=O) groups is 1. The van der Waals surface area contributed by atoms with Crippen LogP contribution < -0.4 is 5.32 Å². The number of rotatable bonds is 5. The van der Waals surface area contributed by atoms with Crippen molar-refractivity contribution in [3.8, 4) is 0 Å². The summed E-state index contributed by atoms with van der Waals surface area (Å²) in [5, 5.41) is 2.73. The first kappa shape index (κ1) is 15.0. The Hall–Kier alpha value is -2.42. The molecule has 1 amide bonds. The third-order valence-corrected chi connectivity index (χ3v) is 3.04. The van der Waals surface area contributed by atoms with Gasteiger partial charge < -0.3 is 5.32 Å². The van der Waals surface area contributed by atoms with Crippen molar-refractivity contribution in [2.24, 2.45) is 0 Å². The van der Waals surface area contributed by atoms with E-state index in [1.807, 2.05) is 18.2 Å². The Morgan fingerprint density at radius 2 is 1.76 bits per heavy atom. The van der Waals surface area contributed by atoms with Gasteiger partial charge in [-0.05, 0) is 48.4 Å². The van der Waals surface area contributed by atoms with Gasteiger partial charge in [0, 0.05) is 11.3 Å². The number of unbranched alkanes of at least 4 members (excludes halogenated alkanes) is 1. The lowest BCUT2D eigenvalue weighted by atomic mass is 10.1. The van der Waals surface area contributed by atoms with Crippen molar-refractivity contribution in [1.29, 1.82) is 0 Å². The van der Waals surface area contributed by atoms with E-state index in [1.54, 1.807) is 12.1 Å². The summed E-state index contributed by atoms with van der Waals surface area (Å²) in [6.07, 6.45) is 6.33. The number of halogens is 1. The third-order valence-electron chi connectivity index (χ3n) is 3.04. The van der Waals surface area contributed by atoms with Crippen LogP contribution in [-0.4, -0.2) is 5.91 Å². The zero-order valence-corrected chi connectivity index (χ0v) is 12.0. The predicted octanol–water partition coefficient (Wildman–Crippen LogP) is 4.89. The molecule has 2 aromatic carbocycles. The lowest BCUT2D eigenvalue weighted by Gasteiger charge is -2.05. The Morgan fingerprint density at radius 1 is 1.10 bits per heavy atom. The number of hydrogen-bond donors (Lipinski definition) is 1. The molecule has 0 bridgehead atoms. The number of carbonyl (C=O) groups excluding carboxylic acids is 1. The number of allylic oxidation sites excluding steroid dienone is 1. The van der Waals surface area contributed by atoms with E-state index >= 15 is 0 Å². The second kappa shape index (κ2) is 7.39. The van der Waals surface area contributed by atoms with E-state index in [-0.39, 0.29) is 11.7 Å². The Bertz CT molecular complexity index is 615. The molecule has 0 radical (unpaired) electrons. The number of nitrogens with one attached hydrogen (secondary N) is 1. The van der Waals surface area contributed by atoms with Crippen molar-refractivity contribution in [2.45, 2.75) is 19.8 Å². The molecule has 2 nitrogen and oxygen atoms in total. The van der Waals surface area contributed by atoms with Gasteiger partial charge in [0.15, 0.2) is 0 Å². The van der Waals surface area contributed by atoms with E-state index in [4.69, 9.17) is 0 Å². The number of benzene rings is 2. The number of hydrogen-bond acceptors (Lipinski definition) is 1. The highest BCUT2D eigenvalue weighted by atomic mass is 19.1. The monoisotopic (exact) mass is 283 g/mol. The van der Waals surface area contributed by atoms with Crippen molar-refractivity contribution in [2.75, 3.05) is 5.32 Å². The molecule has 1 N–H and O–H groups in total. The number of anilines is 1. The van der Waals surface area contributed by atoms with E-state index in [2.05, 4.69) is 18.3 Å². The second-order valence-electron chi connectivity index (χ2n) is 4.77. The van der Waals surface area contributed by atoms with E-state index in [9.17, 15) is 9.18 Å². The Labute approximate surface area is 124 Å². The first-order chi connectivity index (χ1) is 10.2. The zero-order chi connectivity index (χ0) is 15.1. The molecule has 0 atom stereocenters. The van der Waals surface area contributed by atoms with E-state index < -0.39 is 0 Å². The molecule has 2 aromatic rings. The molecule has 0 aromatic heterocycles. The lowest BCUT2D eigenvalue weighted by molar-refractivity contribution is 0.102. The minimum atomic E-state index is -0.323. The second-order valence-corrected chi connectivity index (χ2v) is 4.77. The largest absolute Gasteiger partial charge is 0.322 e. The molecule has 0 aliphatic rings. The first-order valence-electron chi connectivity index (χ1n) is 7.02. The Balaban J connectivity index is 2.01. The highest BCUT2D eigenvalue weighted by molar-refractivity contribution is 6.04. The van der Waals surface area contributed by atoms with Crippen LogP contribution >= 0.6 is 0 Å². The number of amides is 1. The van der Waals surface area contributed by atoms with E-state index in [1.165, 1.54) is 24.3 Å².